The summed E-state index contributed by atoms with van der Waals surface area (Å²) in [6.07, 6.45) is 8.57. The number of hydrogen-bond acceptors (Lipinski definition) is 3. The highest BCUT2D eigenvalue weighted by molar-refractivity contribution is 5.05. The summed E-state index contributed by atoms with van der Waals surface area (Å²) in [5, 5.41) is 8.00. The number of aryl methyl sites for hydroxylation is 1. The van der Waals surface area contributed by atoms with Gasteiger partial charge in [0.15, 0.2) is 0 Å². The molecular weight excluding hydrogens is 236 g/mol. The number of rotatable bonds is 5. The molecule has 2 bridgehead atoms. The van der Waals surface area contributed by atoms with Gasteiger partial charge in [0.1, 0.15) is 0 Å². The van der Waals surface area contributed by atoms with Gasteiger partial charge in [0.2, 0.25) is 0 Å². The largest absolute Gasteiger partial charge is 0.314 e. The molecule has 1 aromatic heterocycles. The smallest absolute Gasteiger partial charge is 0.0521 e. The van der Waals surface area contributed by atoms with Gasteiger partial charge in [-0.05, 0) is 44.7 Å². The second kappa shape index (κ2) is 5.63. The summed E-state index contributed by atoms with van der Waals surface area (Å²) in [5.41, 5.74) is 1.34. The quantitative estimate of drug-likeness (QED) is 0.880. The molecule has 2 unspecified atom stereocenters. The first kappa shape index (κ1) is 13.1. The van der Waals surface area contributed by atoms with Gasteiger partial charge in [-0.15, -0.1) is 0 Å². The van der Waals surface area contributed by atoms with Crippen LogP contribution in [0, 0.1) is 0 Å². The van der Waals surface area contributed by atoms with Crippen molar-refractivity contribution in [2.45, 2.75) is 63.7 Å². The van der Waals surface area contributed by atoms with E-state index in [1.54, 1.807) is 0 Å². The Kier molecular flexibility index (Phi) is 3.89. The maximum absolute atomic E-state index is 4.29. The summed E-state index contributed by atoms with van der Waals surface area (Å²) >= 11 is 0. The van der Waals surface area contributed by atoms with Gasteiger partial charge < -0.3 is 5.32 Å². The standard InChI is InChI=1S/C15H26N4/c1-3-7-16-12-9-13-4-5-14(10-12)19(13)11-15-6-8-17-18(15)2/h6,8,12-14,16H,3-5,7,9-11H2,1-2H3. The average molecular weight is 262 g/mol. The van der Waals surface area contributed by atoms with Crippen LogP contribution in [0.2, 0.25) is 0 Å². The molecule has 2 aliphatic rings. The maximum atomic E-state index is 4.29. The molecule has 0 aromatic carbocycles. The number of fused-ring (bicyclic) bond motifs is 2. The van der Waals surface area contributed by atoms with E-state index in [9.17, 15) is 0 Å². The molecule has 106 valence electrons. The number of piperidine rings is 1. The van der Waals surface area contributed by atoms with E-state index in [-0.39, 0.29) is 0 Å². The molecule has 0 amide bonds. The Labute approximate surface area is 116 Å². The Morgan fingerprint density at radius 2 is 2.05 bits per heavy atom. The van der Waals surface area contributed by atoms with E-state index in [4.69, 9.17) is 0 Å². The zero-order chi connectivity index (χ0) is 13.2. The summed E-state index contributed by atoms with van der Waals surface area (Å²) in [7, 11) is 2.05. The minimum absolute atomic E-state index is 0.750. The van der Waals surface area contributed by atoms with E-state index in [0.717, 1.165) is 24.7 Å². The van der Waals surface area contributed by atoms with Crippen LogP contribution in [-0.2, 0) is 13.6 Å². The second-order valence-electron chi connectivity index (χ2n) is 6.13. The topological polar surface area (TPSA) is 33.1 Å². The normalized spacial score (nSPS) is 30.9. The highest BCUT2D eigenvalue weighted by Gasteiger charge is 2.40. The monoisotopic (exact) mass is 262 g/mol. The van der Waals surface area contributed by atoms with Crippen LogP contribution in [0.15, 0.2) is 12.3 Å². The predicted octanol–water partition coefficient (Wildman–Crippen LogP) is 1.92. The molecule has 0 radical (unpaired) electrons. The van der Waals surface area contributed by atoms with E-state index in [0.29, 0.717) is 0 Å². The van der Waals surface area contributed by atoms with Crippen molar-refractivity contribution < 1.29 is 0 Å². The Balaban J connectivity index is 1.62. The van der Waals surface area contributed by atoms with Crippen LogP contribution in [0.3, 0.4) is 0 Å². The molecule has 3 heterocycles. The summed E-state index contributed by atoms with van der Waals surface area (Å²) in [6, 6.07) is 4.46. The molecule has 1 N–H and O–H groups in total. The number of aromatic nitrogens is 2. The molecule has 2 saturated heterocycles. The molecule has 1 aromatic rings. The van der Waals surface area contributed by atoms with Gasteiger partial charge in [0, 0.05) is 37.9 Å². The van der Waals surface area contributed by atoms with Crippen LogP contribution in [0.1, 0.15) is 44.7 Å². The lowest BCUT2D eigenvalue weighted by atomic mass is 9.97. The first-order valence-corrected chi connectivity index (χ1v) is 7.74. The molecule has 0 spiro atoms. The predicted molar refractivity (Wildman–Crippen MR) is 76.9 cm³/mol. The minimum Gasteiger partial charge on any atom is -0.314 e. The highest BCUT2D eigenvalue weighted by atomic mass is 15.3. The lowest BCUT2D eigenvalue weighted by molar-refractivity contribution is 0.106. The molecular formula is C15H26N4. The average Bonchev–Trinajstić information content (AvgIpc) is 2.90. The van der Waals surface area contributed by atoms with Crippen molar-refractivity contribution in [3.8, 4) is 0 Å². The van der Waals surface area contributed by atoms with Crippen molar-refractivity contribution in [3.05, 3.63) is 18.0 Å². The molecule has 3 rings (SSSR count). The number of nitrogens with one attached hydrogen (secondary N) is 1. The van der Waals surface area contributed by atoms with Crippen LogP contribution in [0.4, 0.5) is 0 Å². The SMILES string of the molecule is CCCNC1CC2CCC(C1)N2Cc1ccnn1C. The highest BCUT2D eigenvalue weighted by Crippen LogP contribution is 2.36. The van der Waals surface area contributed by atoms with Gasteiger partial charge in [-0.25, -0.2) is 0 Å². The van der Waals surface area contributed by atoms with Gasteiger partial charge in [-0.1, -0.05) is 6.92 Å². The zero-order valence-electron chi connectivity index (χ0n) is 12.2. The van der Waals surface area contributed by atoms with Crippen LogP contribution >= 0.6 is 0 Å². The summed E-state index contributed by atoms with van der Waals surface area (Å²) < 4.78 is 2.01. The molecule has 0 saturated carbocycles. The van der Waals surface area contributed by atoms with Gasteiger partial charge in [-0.3, -0.25) is 9.58 Å². The van der Waals surface area contributed by atoms with Crippen molar-refractivity contribution in [1.82, 2.24) is 20.0 Å². The van der Waals surface area contributed by atoms with Crippen LogP contribution in [0.5, 0.6) is 0 Å². The molecule has 0 aliphatic carbocycles. The van der Waals surface area contributed by atoms with Crippen LogP contribution in [-0.4, -0.2) is 39.4 Å². The molecule has 4 heteroatoms. The Morgan fingerprint density at radius 1 is 1.32 bits per heavy atom. The molecule has 2 atom stereocenters. The lowest BCUT2D eigenvalue weighted by Gasteiger charge is -2.39. The van der Waals surface area contributed by atoms with Gasteiger partial charge in [0.25, 0.3) is 0 Å². The van der Waals surface area contributed by atoms with Crippen molar-refractivity contribution in [2.75, 3.05) is 6.54 Å². The van der Waals surface area contributed by atoms with E-state index in [1.165, 1.54) is 44.3 Å². The Morgan fingerprint density at radius 3 is 2.63 bits per heavy atom. The summed E-state index contributed by atoms with van der Waals surface area (Å²) in [5.74, 6) is 0. The first-order chi connectivity index (χ1) is 9.28. The van der Waals surface area contributed by atoms with Crippen LogP contribution < -0.4 is 5.32 Å². The minimum atomic E-state index is 0.750. The fourth-order valence-electron chi connectivity index (χ4n) is 3.79. The first-order valence-electron chi connectivity index (χ1n) is 7.74. The number of nitrogens with zero attached hydrogens (tertiary/aromatic N) is 3. The van der Waals surface area contributed by atoms with E-state index in [1.807, 2.05) is 17.9 Å². The van der Waals surface area contributed by atoms with Crippen molar-refractivity contribution >= 4 is 0 Å². The van der Waals surface area contributed by atoms with Crippen molar-refractivity contribution in [1.29, 1.82) is 0 Å². The summed E-state index contributed by atoms with van der Waals surface area (Å²) in [4.78, 5) is 2.72. The Hall–Kier alpha value is -0.870. The molecule has 2 aliphatic heterocycles. The van der Waals surface area contributed by atoms with Crippen molar-refractivity contribution in [3.63, 3.8) is 0 Å². The van der Waals surface area contributed by atoms with E-state index < -0.39 is 0 Å². The lowest BCUT2D eigenvalue weighted by Crippen LogP contribution is -2.48. The number of hydrogen-bond donors (Lipinski definition) is 1. The fourth-order valence-corrected chi connectivity index (χ4v) is 3.79. The Bertz CT molecular complexity index is 400. The molecule has 4 nitrogen and oxygen atoms in total. The van der Waals surface area contributed by atoms with Gasteiger partial charge in [0.05, 0.1) is 5.69 Å². The third kappa shape index (κ3) is 2.70. The van der Waals surface area contributed by atoms with Crippen molar-refractivity contribution in [2.24, 2.45) is 7.05 Å². The maximum Gasteiger partial charge on any atom is 0.0521 e. The molecule has 19 heavy (non-hydrogen) atoms. The van der Waals surface area contributed by atoms with Gasteiger partial charge in [-0.2, -0.15) is 5.10 Å². The summed E-state index contributed by atoms with van der Waals surface area (Å²) in [6.45, 7) is 4.50. The second-order valence-corrected chi connectivity index (χ2v) is 6.13. The van der Waals surface area contributed by atoms with E-state index in [2.05, 4.69) is 28.3 Å². The molecule has 2 fully saturated rings. The third-order valence-electron chi connectivity index (χ3n) is 4.83. The zero-order valence-corrected chi connectivity index (χ0v) is 12.2. The van der Waals surface area contributed by atoms with E-state index >= 15 is 0 Å². The third-order valence-corrected chi connectivity index (χ3v) is 4.83. The van der Waals surface area contributed by atoms with Gasteiger partial charge >= 0.3 is 0 Å². The van der Waals surface area contributed by atoms with Crippen LogP contribution in [0.25, 0.3) is 0 Å². The fraction of sp³-hybridized carbons (Fsp3) is 0.800.